The lowest BCUT2D eigenvalue weighted by atomic mass is 9.86. The van der Waals surface area contributed by atoms with Gasteiger partial charge in [-0.25, -0.2) is 32.8 Å². The molecular formula is C124H112N15+5. The van der Waals surface area contributed by atoms with Gasteiger partial charge in [0.15, 0.2) is 55.2 Å². The maximum absolute atomic E-state index is 5.46. The van der Waals surface area contributed by atoms with Crippen LogP contribution in [0, 0.1) is 55.4 Å². The van der Waals surface area contributed by atoms with Gasteiger partial charge >= 0.3 is 0 Å². The largest absolute Gasteiger partial charge is 0.297 e. The van der Waals surface area contributed by atoms with Crippen molar-refractivity contribution in [1.29, 1.82) is 0 Å². The number of pyridine rings is 10. The predicted octanol–water partition coefficient (Wildman–Crippen LogP) is 27.3. The minimum absolute atomic E-state index is 0.410. The summed E-state index contributed by atoms with van der Waals surface area (Å²) in [6, 6.07) is 110. The van der Waals surface area contributed by atoms with Gasteiger partial charge in [-0.3, -0.25) is 15.0 Å². The highest BCUT2D eigenvalue weighted by molar-refractivity contribution is 6.17. The Labute approximate surface area is 806 Å². The van der Waals surface area contributed by atoms with Crippen molar-refractivity contribution < 1.29 is 22.8 Å². The van der Waals surface area contributed by atoms with Crippen LogP contribution < -0.4 is 22.8 Å². The number of hydrogen-bond donors (Lipinski definition) is 0. The highest BCUT2D eigenvalue weighted by Crippen LogP contribution is 2.44. The molecule has 15 aromatic heterocycles. The molecule has 15 heterocycles. The summed E-state index contributed by atoms with van der Waals surface area (Å²) < 4.78 is 23.4. The fraction of sp³-hybridized carbons (Fsp3) is 0.177. The van der Waals surface area contributed by atoms with Gasteiger partial charge in [-0.2, -0.15) is 22.0 Å². The molecule has 0 atom stereocenters. The molecule has 0 bridgehead atoms. The molecule has 0 amide bonds. The molecule has 0 unspecified atom stereocenters. The summed E-state index contributed by atoms with van der Waals surface area (Å²) in [5, 5.41) is 12.1. The Bertz CT molecular complexity index is 9840. The molecule has 0 aliphatic rings. The molecule has 0 saturated carbocycles. The number of nitrogens with zero attached hydrogens (tertiary/aromatic N) is 15. The zero-order valence-corrected chi connectivity index (χ0v) is 82.5. The van der Waals surface area contributed by atoms with Crippen LogP contribution in [0.5, 0.6) is 0 Å². The summed E-state index contributed by atoms with van der Waals surface area (Å²) in [6.45, 7) is 31.0. The van der Waals surface area contributed by atoms with E-state index in [-0.39, 0.29) is 0 Å². The van der Waals surface area contributed by atoms with Gasteiger partial charge in [0.1, 0.15) is 27.6 Å². The molecule has 0 saturated heterocycles. The molecule has 15 nitrogen and oxygen atoms in total. The standard InChI is InChI=1S/C32H32N3.C28H24N3.C23H22N3.C21H18N3.C20H16N3/c1-19(2)22-13-11-14-23(20(3)4)30(22)25-18-21(5)29-31(33-25)24-12-7-8-15-26(24)35-28-17-10-9-16-27(28)34(6)32(29)35;1-17-10-9-11-18(2)25(17)21-16-19(3)26-27(29-21)20-12-5-6-13-22(20)31-24-15-8-7-14-23(24)30(4)28(26)31;1-14(2)17-13-15(3)21-22(24-17)16-9-5-6-10-18(16)26-20-12-8-7-11-19(20)25(4)23(21)26;1-13-12-14(2)22-20-15-8-4-5-9-16(15)24-18-11-7-6-10-17(18)23(3)21(24)19(13)20;1-13-11-12-21-19-14-7-3-4-8-15(14)23-17-10-6-5-9-16(17)22(2)20(23)18(13)19/h7-20H,1-6H3;5-16H,1-4H3;5-14H,1-4H3;4-12H,1-3H3;3-12H,1-2H3/q5*+1. The van der Waals surface area contributed by atoms with Crippen LogP contribution in [0.4, 0.5) is 0 Å². The minimum Gasteiger partial charge on any atom is -0.255 e. The van der Waals surface area contributed by atoms with Gasteiger partial charge in [-0.1, -0.05) is 199 Å². The van der Waals surface area contributed by atoms with E-state index in [2.05, 4.69) is 486 Å². The van der Waals surface area contributed by atoms with Crippen molar-refractivity contribution in [1.82, 2.24) is 46.9 Å². The number of rotatable bonds is 5. The molecule has 0 N–H and O–H groups in total. The smallest absolute Gasteiger partial charge is 0.255 e. The third-order valence-electron chi connectivity index (χ3n) is 29.3. The van der Waals surface area contributed by atoms with Crippen molar-refractivity contribution in [3.05, 3.63) is 377 Å². The van der Waals surface area contributed by atoms with Crippen molar-refractivity contribution in [2.24, 2.45) is 35.2 Å². The second kappa shape index (κ2) is 33.6. The predicted molar refractivity (Wildman–Crippen MR) is 575 cm³/mol. The first kappa shape index (κ1) is 86.8. The molecule has 0 spiro atoms. The quantitative estimate of drug-likeness (QED) is 0.126. The van der Waals surface area contributed by atoms with Crippen molar-refractivity contribution >= 4 is 192 Å². The maximum Gasteiger partial charge on any atom is 0.297 e. The van der Waals surface area contributed by atoms with Gasteiger partial charge in [0.2, 0.25) is 0 Å². The van der Waals surface area contributed by atoms with Crippen molar-refractivity contribution in [3.8, 4) is 22.5 Å². The van der Waals surface area contributed by atoms with Crippen LogP contribution in [0.3, 0.4) is 0 Å². The average Bonchev–Trinajstić information content (AvgIpc) is 1.59. The first-order valence-corrected chi connectivity index (χ1v) is 48.6. The van der Waals surface area contributed by atoms with Crippen molar-refractivity contribution in [3.63, 3.8) is 0 Å². The molecule has 0 aliphatic heterocycles. The lowest BCUT2D eigenvalue weighted by Gasteiger charge is -2.20. The Morgan fingerprint density at radius 1 is 0.223 bits per heavy atom. The van der Waals surface area contributed by atoms with E-state index >= 15 is 0 Å². The normalized spacial score (nSPS) is 12.0. The highest BCUT2D eigenvalue weighted by Gasteiger charge is 2.33. The van der Waals surface area contributed by atoms with Crippen LogP contribution in [0.2, 0.25) is 0 Å². The van der Waals surface area contributed by atoms with E-state index in [4.69, 9.17) is 24.9 Å². The van der Waals surface area contributed by atoms with Crippen LogP contribution in [0.15, 0.2) is 316 Å². The van der Waals surface area contributed by atoms with Crippen LogP contribution in [0.25, 0.3) is 215 Å². The molecule has 0 fully saturated rings. The highest BCUT2D eigenvalue weighted by atomic mass is 15.2. The van der Waals surface area contributed by atoms with E-state index in [1.54, 1.807) is 0 Å². The Hall–Kier alpha value is -16.3. The van der Waals surface area contributed by atoms with Gasteiger partial charge in [0, 0.05) is 55.6 Å². The third-order valence-corrected chi connectivity index (χ3v) is 29.3. The molecule has 0 aliphatic carbocycles. The van der Waals surface area contributed by atoms with Crippen LogP contribution in [-0.4, -0.2) is 46.9 Å². The number of benzene rings is 12. The van der Waals surface area contributed by atoms with Crippen LogP contribution >= 0.6 is 0 Å². The van der Waals surface area contributed by atoms with Crippen LogP contribution in [-0.2, 0) is 35.2 Å². The zero-order valence-electron chi connectivity index (χ0n) is 82.5. The monoisotopic (exact) mass is 1810 g/mol. The number of aryl methyl sites for hydroxylation is 13. The molecular weight excluding hydrogens is 1700 g/mol. The Morgan fingerprint density at radius 2 is 0.489 bits per heavy atom. The average molecular weight is 1810 g/mol. The van der Waals surface area contributed by atoms with Gasteiger partial charge < -0.3 is 0 Å². The van der Waals surface area contributed by atoms with Gasteiger partial charge in [-0.05, 0) is 275 Å². The Morgan fingerprint density at radius 3 is 0.820 bits per heavy atom. The summed E-state index contributed by atoms with van der Waals surface area (Å²) in [5.41, 5.74) is 48.1. The topological polar surface area (TPSA) is 106 Å². The number of para-hydroxylation sites is 15. The molecule has 139 heavy (non-hydrogen) atoms. The SMILES string of the molecule is Cc1cc(-c2c(C(C)C)cccc2C(C)C)nc2c3ccccc3n3c4ccccc4[n+](C)c3c12.Cc1cc(C(C)C)nc2c3ccccc3n3c4ccccc4[n+](C)c3c12.Cc1cc(C)c2c(n1)c1ccccc1n1c3ccccc3[n+](C)c21.Cc1cccc(C)c1-c1cc(C)c2c(n1)c1ccccc1n1c3ccccc3[n+](C)c21.Cc1ccnc2c3ccccc3n3c4ccccc4[n+](C)c3c12. The summed E-state index contributed by atoms with van der Waals surface area (Å²) in [5.74, 6) is 1.26. The molecule has 678 valence electrons. The molecule has 0 radical (unpaired) electrons. The minimum atomic E-state index is 0.410. The van der Waals surface area contributed by atoms with E-state index in [1.807, 2.05) is 6.20 Å². The Kier molecular flexibility index (Phi) is 21.0. The maximum atomic E-state index is 5.46. The number of fused-ring (bicyclic) bond motifs is 40. The van der Waals surface area contributed by atoms with E-state index in [0.717, 1.165) is 50.4 Å². The second-order valence-corrected chi connectivity index (χ2v) is 39.0. The second-order valence-electron chi connectivity index (χ2n) is 39.0. The Balaban J connectivity index is 0.0000000979. The summed E-state index contributed by atoms with van der Waals surface area (Å²) in [6.07, 6.45) is 1.91. The first-order valence-electron chi connectivity index (χ1n) is 48.6. The molecule has 27 rings (SSSR count). The van der Waals surface area contributed by atoms with Crippen molar-refractivity contribution in [2.75, 3.05) is 0 Å². The van der Waals surface area contributed by atoms with Gasteiger partial charge in [0.25, 0.3) is 28.2 Å². The van der Waals surface area contributed by atoms with Crippen LogP contribution in [0.1, 0.15) is 121 Å². The zero-order chi connectivity index (χ0) is 95.7. The van der Waals surface area contributed by atoms with Crippen molar-refractivity contribution in [2.45, 2.75) is 115 Å². The third kappa shape index (κ3) is 13.5. The molecule has 15 heteroatoms. The number of hydrogen-bond acceptors (Lipinski definition) is 5. The van der Waals surface area contributed by atoms with E-state index < -0.39 is 0 Å². The van der Waals surface area contributed by atoms with E-state index in [1.165, 1.54) is 226 Å². The first-order chi connectivity index (χ1) is 67.4. The fourth-order valence-corrected chi connectivity index (χ4v) is 23.0. The summed E-state index contributed by atoms with van der Waals surface area (Å²) >= 11 is 0. The van der Waals surface area contributed by atoms with E-state index in [9.17, 15) is 0 Å². The lowest BCUT2D eigenvalue weighted by molar-refractivity contribution is -0.617. The molecule has 27 aromatic rings. The van der Waals surface area contributed by atoms with E-state index in [0.29, 0.717) is 17.8 Å². The fourth-order valence-electron chi connectivity index (χ4n) is 23.0. The summed E-state index contributed by atoms with van der Waals surface area (Å²) in [7, 11) is 10.8. The molecule has 12 aromatic carbocycles. The lowest BCUT2D eigenvalue weighted by Crippen LogP contribution is -2.27. The van der Waals surface area contributed by atoms with Gasteiger partial charge in [0.05, 0.1) is 101 Å². The number of aromatic nitrogens is 15. The number of imidazole rings is 5. The van der Waals surface area contributed by atoms with Gasteiger partial charge in [-0.15, -0.1) is 0 Å². The summed E-state index contributed by atoms with van der Waals surface area (Å²) in [4.78, 5) is 25.4.